The third-order valence-corrected chi connectivity index (χ3v) is 3.29. The van der Waals surface area contributed by atoms with Crippen LogP contribution in [0.5, 0.6) is 0 Å². The second-order valence-corrected chi connectivity index (χ2v) is 4.69. The molecule has 0 aromatic carbocycles. The molecule has 0 aliphatic heterocycles. The summed E-state index contributed by atoms with van der Waals surface area (Å²) in [5, 5.41) is 19.4. The van der Waals surface area contributed by atoms with Gasteiger partial charge in [-0.05, 0) is 28.0 Å². The molecule has 17 heavy (non-hydrogen) atoms. The van der Waals surface area contributed by atoms with E-state index in [1.54, 1.807) is 0 Å². The highest BCUT2D eigenvalue weighted by Crippen LogP contribution is 2.18. The van der Waals surface area contributed by atoms with E-state index in [1.165, 1.54) is 44.9 Å². The normalized spacial score (nSPS) is 21.7. The first-order valence-electron chi connectivity index (χ1n) is 6.73. The first-order valence-corrected chi connectivity index (χ1v) is 6.73. The maximum Gasteiger partial charge on any atom is 0.0962 e. The molecule has 0 aromatic heterocycles. The standard InChI is InChI=1S/C12H24O5/c13-15-17-16-14-12-10-8-6-4-2-1-3-5-7-9-11-12/h12-13H,1-11H2. The highest BCUT2D eigenvalue weighted by atomic mass is 17.8. The Balaban J connectivity index is 2.17. The van der Waals surface area contributed by atoms with Gasteiger partial charge in [0, 0.05) is 0 Å². The average molecular weight is 248 g/mol. The zero-order chi connectivity index (χ0) is 12.2. The predicted molar refractivity (Wildman–Crippen MR) is 61.5 cm³/mol. The first-order chi connectivity index (χ1) is 8.43. The van der Waals surface area contributed by atoms with Crippen molar-refractivity contribution >= 4 is 0 Å². The van der Waals surface area contributed by atoms with Crippen LogP contribution in [0.4, 0.5) is 0 Å². The van der Waals surface area contributed by atoms with Gasteiger partial charge >= 0.3 is 0 Å². The molecule has 0 bridgehead atoms. The van der Waals surface area contributed by atoms with Gasteiger partial charge in [-0.1, -0.05) is 57.8 Å². The van der Waals surface area contributed by atoms with Crippen LogP contribution in [-0.4, -0.2) is 11.4 Å². The summed E-state index contributed by atoms with van der Waals surface area (Å²) in [5.41, 5.74) is 0. The van der Waals surface area contributed by atoms with Crippen LogP contribution in [-0.2, 0) is 20.0 Å². The summed E-state index contributed by atoms with van der Waals surface area (Å²) in [6.07, 6.45) is 13.5. The van der Waals surface area contributed by atoms with Gasteiger partial charge in [-0.2, -0.15) is 0 Å². The van der Waals surface area contributed by atoms with Crippen molar-refractivity contribution < 1.29 is 25.3 Å². The van der Waals surface area contributed by atoms with Gasteiger partial charge < -0.3 is 0 Å². The topological polar surface area (TPSA) is 57.2 Å². The fourth-order valence-corrected chi connectivity index (χ4v) is 2.31. The SMILES string of the molecule is OOOOOC1CCCCCCCCCCC1. The van der Waals surface area contributed by atoms with Crippen molar-refractivity contribution in [2.45, 2.75) is 76.7 Å². The molecular formula is C12H24O5. The van der Waals surface area contributed by atoms with Crippen molar-refractivity contribution in [1.82, 2.24) is 0 Å². The number of hydrogen-bond donors (Lipinski definition) is 1. The minimum atomic E-state index is 0.0320. The zero-order valence-electron chi connectivity index (χ0n) is 10.4. The minimum Gasteiger partial charge on any atom is -0.219 e. The molecule has 0 radical (unpaired) electrons. The number of hydrogen-bond acceptors (Lipinski definition) is 5. The quantitative estimate of drug-likeness (QED) is 0.464. The van der Waals surface area contributed by atoms with Gasteiger partial charge in [-0.25, -0.2) is 10.1 Å². The Morgan fingerprint density at radius 3 is 1.59 bits per heavy atom. The molecular weight excluding hydrogens is 224 g/mol. The van der Waals surface area contributed by atoms with Crippen molar-refractivity contribution in [2.75, 3.05) is 0 Å². The molecule has 1 N–H and O–H groups in total. The lowest BCUT2D eigenvalue weighted by Gasteiger charge is -2.15. The summed E-state index contributed by atoms with van der Waals surface area (Å²) >= 11 is 0. The monoisotopic (exact) mass is 248 g/mol. The van der Waals surface area contributed by atoms with Gasteiger partial charge in [0.25, 0.3) is 0 Å². The maximum absolute atomic E-state index is 7.92. The van der Waals surface area contributed by atoms with E-state index in [0.717, 1.165) is 25.7 Å². The van der Waals surface area contributed by atoms with Crippen LogP contribution in [0.3, 0.4) is 0 Å². The summed E-state index contributed by atoms with van der Waals surface area (Å²) in [4.78, 5) is 5.02. The van der Waals surface area contributed by atoms with Crippen LogP contribution in [0.1, 0.15) is 70.6 Å². The van der Waals surface area contributed by atoms with Crippen molar-refractivity contribution in [2.24, 2.45) is 0 Å². The largest absolute Gasteiger partial charge is 0.219 e. The molecule has 0 heterocycles. The molecule has 0 unspecified atom stereocenters. The molecule has 1 fully saturated rings. The van der Waals surface area contributed by atoms with Crippen LogP contribution in [0.15, 0.2) is 0 Å². The zero-order valence-corrected chi connectivity index (χ0v) is 10.4. The Kier molecular flexibility index (Phi) is 9.55. The highest BCUT2D eigenvalue weighted by Gasteiger charge is 2.11. The van der Waals surface area contributed by atoms with Gasteiger partial charge in [0.1, 0.15) is 0 Å². The Morgan fingerprint density at radius 1 is 0.647 bits per heavy atom. The summed E-state index contributed by atoms with van der Waals surface area (Å²) in [6.45, 7) is 0. The van der Waals surface area contributed by atoms with Crippen LogP contribution in [0, 0.1) is 0 Å². The Bertz CT molecular complexity index is 153. The van der Waals surface area contributed by atoms with E-state index >= 15 is 0 Å². The molecule has 102 valence electrons. The molecule has 1 rings (SSSR count). The first kappa shape index (κ1) is 14.9. The molecule has 0 aromatic rings. The fourth-order valence-electron chi connectivity index (χ4n) is 2.31. The van der Waals surface area contributed by atoms with Gasteiger partial charge in [-0.3, -0.25) is 0 Å². The van der Waals surface area contributed by atoms with Gasteiger partial charge in [-0.15, -0.1) is 0 Å². The second kappa shape index (κ2) is 10.9. The lowest BCUT2D eigenvalue weighted by molar-refractivity contribution is -0.707. The minimum absolute atomic E-state index is 0.0320. The predicted octanol–water partition coefficient (Wildman–Crippen LogP) is 3.94. The lowest BCUT2D eigenvalue weighted by atomic mass is 9.99. The molecule has 0 saturated heterocycles. The van der Waals surface area contributed by atoms with Gasteiger partial charge in [0.2, 0.25) is 0 Å². The van der Waals surface area contributed by atoms with Crippen molar-refractivity contribution in [3.63, 3.8) is 0 Å². The molecule has 1 saturated carbocycles. The van der Waals surface area contributed by atoms with E-state index in [2.05, 4.69) is 15.1 Å². The van der Waals surface area contributed by atoms with Crippen molar-refractivity contribution in [3.05, 3.63) is 0 Å². The van der Waals surface area contributed by atoms with Crippen LogP contribution < -0.4 is 0 Å². The smallest absolute Gasteiger partial charge is 0.0962 e. The molecule has 0 atom stereocenters. The van der Waals surface area contributed by atoms with E-state index in [9.17, 15) is 0 Å². The summed E-state index contributed by atoms with van der Waals surface area (Å²) in [5.74, 6) is 0. The summed E-state index contributed by atoms with van der Waals surface area (Å²) < 4.78 is 0. The van der Waals surface area contributed by atoms with E-state index < -0.39 is 0 Å². The highest BCUT2D eigenvalue weighted by molar-refractivity contribution is 4.59. The fraction of sp³-hybridized carbons (Fsp3) is 1.00. The summed E-state index contributed by atoms with van der Waals surface area (Å²) in [6, 6.07) is 0. The van der Waals surface area contributed by atoms with Gasteiger partial charge in [0.15, 0.2) is 0 Å². The Morgan fingerprint density at radius 2 is 1.12 bits per heavy atom. The molecule has 5 heteroatoms. The third kappa shape index (κ3) is 8.51. The Hall–Kier alpha value is -0.200. The molecule has 1 aliphatic rings. The van der Waals surface area contributed by atoms with Crippen molar-refractivity contribution in [3.8, 4) is 0 Å². The van der Waals surface area contributed by atoms with E-state index in [-0.39, 0.29) is 6.10 Å². The molecule has 5 nitrogen and oxygen atoms in total. The van der Waals surface area contributed by atoms with E-state index in [4.69, 9.17) is 10.1 Å². The molecule has 0 amide bonds. The third-order valence-electron chi connectivity index (χ3n) is 3.29. The molecule has 0 spiro atoms. The maximum atomic E-state index is 7.92. The Labute approximate surface area is 103 Å². The van der Waals surface area contributed by atoms with Gasteiger partial charge in [0.05, 0.1) is 6.10 Å². The van der Waals surface area contributed by atoms with Crippen LogP contribution in [0.2, 0.25) is 0 Å². The lowest BCUT2D eigenvalue weighted by Crippen LogP contribution is -2.14. The molecule has 1 aliphatic carbocycles. The number of rotatable bonds is 4. The van der Waals surface area contributed by atoms with E-state index in [0.29, 0.717) is 0 Å². The average Bonchev–Trinajstić information content (AvgIpc) is 2.32. The van der Waals surface area contributed by atoms with Crippen molar-refractivity contribution in [1.29, 1.82) is 0 Å². The van der Waals surface area contributed by atoms with E-state index in [1.807, 2.05) is 0 Å². The van der Waals surface area contributed by atoms with Crippen LogP contribution in [0.25, 0.3) is 0 Å². The van der Waals surface area contributed by atoms with Crippen LogP contribution >= 0.6 is 0 Å². The summed E-state index contributed by atoms with van der Waals surface area (Å²) in [7, 11) is 0. The second-order valence-electron chi connectivity index (χ2n) is 4.69.